The van der Waals surface area contributed by atoms with Crippen molar-refractivity contribution in [1.29, 1.82) is 0 Å². The third kappa shape index (κ3) is 3.90. The van der Waals surface area contributed by atoms with Crippen LogP contribution < -0.4 is 0 Å². The molecule has 0 radical (unpaired) electrons. The van der Waals surface area contributed by atoms with Crippen molar-refractivity contribution in [3.05, 3.63) is 34.3 Å². The molecule has 1 saturated heterocycles. The summed E-state index contributed by atoms with van der Waals surface area (Å²) in [6.45, 7) is 5.10. The lowest BCUT2D eigenvalue weighted by Crippen LogP contribution is -2.45. The molecule has 2 unspecified atom stereocenters. The van der Waals surface area contributed by atoms with Crippen molar-refractivity contribution in [2.75, 3.05) is 13.7 Å². The molecule has 1 aromatic carbocycles. The van der Waals surface area contributed by atoms with Gasteiger partial charge in [0.05, 0.1) is 19.3 Å². The molecule has 0 spiro atoms. The number of benzene rings is 1. The first-order valence-electron chi connectivity index (χ1n) is 7.90. The lowest BCUT2D eigenvalue weighted by Gasteiger charge is -2.45. The van der Waals surface area contributed by atoms with Crippen molar-refractivity contribution in [1.82, 2.24) is 0 Å². The summed E-state index contributed by atoms with van der Waals surface area (Å²) < 4.78 is 12.1. The van der Waals surface area contributed by atoms with Gasteiger partial charge in [-0.2, -0.15) is 0 Å². The van der Waals surface area contributed by atoms with E-state index in [9.17, 15) is 4.79 Å². The van der Waals surface area contributed by atoms with E-state index in [-0.39, 0.29) is 17.0 Å². The van der Waals surface area contributed by atoms with Crippen LogP contribution >= 0.6 is 15.9 Å². The van der Waals surface area contributed by atoms with Crippen LogP contribution in [0.5, 0.6) is 0 Å². The third-order valence-corrected chi connectivity index (χ3v) is 5.56. The van der Waals surface area contributed by atoms with Gasteiger partial charge in [0.1, 0.15) is 0 Å². The normalized spacial score (nSPS) is 28.4. The van der Waals surface area contributed by atoms with Gasteiger partial charge < -0.3 is 9.47 Å². The van der Waals surface area contributed by atoms with E-state index in [1.54, 1.807) is 0 Å². The predicted molar refractivity (Wildman–Crippen MR) is 91.0 cm³/mol. The van der Waals surface area contributed by atoms with Crippen molar-refractivity contribution in [3.63, 3.8) is 0 Å². The van der Waals surface area contributed by atoms with Gasteiger partial charge in [-0.15, -0.1) is 0 Å². The van der Waals surface area contributed by atoms with E-state index in [0.717, 1.165) is 30.2 Å². The highest BCUT2D eigenvalue weighted by molar-refractivity contribution is 9.10. The zero-order valence-corrected chi connectivity index (χ0v) is 15.2. The van der Waals surface area contributed by atoms with Gasteiger partial charge in [-0.05, 0) is 43.4 Å². The average molecular weight is 369 g/mol. The number of carbonyl (C=O) groups excluding carboxylic acids is 1. The lowest BCUT2D eigenvalue weighted by atomic mass is 9.72. The van der Waals surface area contributed by atoms with Gasteiger partial charge in [0.2, 0.25) is 0 Å². The van der Waals surface area contributed by atoms with Gasteiger partial charge in [0.15, 0.2) is 0 Å². The molecule has 1 aliphatic heterocycles. The quantitative estimate of drug-likeness (QED) is 0.711. The van der Waals surface area contributed by atoms with Gasteiger partial charge in [0, 0.05) is 16.3 Å². The fourth-order valence-corrected chi connectivity index (χ4v) is 3.39. The van der Waals surface area contributed by atoms with Gasteiger partial charge >= 0.3 is 5.97 Å². The van der Waals surface area contributed by atoms with Gasteiger partial charge in [0.25, 0.3) is 0 Å². The lowest BCUT2D eigenvalue weighted by molar-refractivity contribution is -0.146. The maximum atomic E-state index is 11.4. The second-order valence-corrected chi connectivity index (χ2v) is 7.38. The molecule has 0 aromatic heterocycles. The monoisotopic (exact) mass is 368 g/mol. The fourth-order valence-electron chi connectivity index (χ4n) is 3.13. The number of hydrogen-bond donors (Lipinski definition) is 0. The van der Waals surface area contributed by atoms with Crippen LogP contribution in [0.15, 0.2) is 28.7 Å². The minimum atomic E-state index is -0.178. The van der Waals surface area contributed by atoms with Crippen molar-refractivity contribution in [3.8, 4) is 0 Å². The van der Waals surface area contributed by atoms with E-state index in [1.165, 1.54) is 12.7 Å². The number of rotatable bonds is 5. The summed E-state index contributed by atoms with van der Waals surface area (Å²) in [5.74, 6) is -0.155. The maximum absolute atomic E-state index is 11.4. The molecule has 1 fully saturated rings. The van der Waals surface area contributed by atoms with Crippen molar-refractivity contribution in [2.24, 2.45) is 0 Å². The molecule has 0 aliphatic carbocycles. The Morgan fingerprint density at radius 3 is 2.50 bits per heavy atom. The summed E-state index contributed by atoms with van der Waals surface area (Å²) in [5.41, 5.74) is 1.18. The summed E-state index contributed by atoms with van der Waals surface area (Å²) in [4.78, 5) is 11.4. The molecule has 1 aliphatic rings. The molecule has 1 heterocycles. The number of esters is 1. The summed E-state index contributed by atoms with van der Waals surface area (Å²) in [6, 6.07) is 8.50. The van der Waals surface area contributed by atoms with E-state index < -0.39 is 0 Å². The number of hydrogen-bond acceptors (Lipinski definition) is 3. The molecule has 0 saturated carbocycles. The first kappa shape index (κ1) is 17.5. The number of methoxy groups -OCH3 is 1. The highest BCUT2D eigenvalue weighted by atomic mass is 79.9. The van der Waals surface area contributed by atoms with Crippen molar-refractivity contribution >= 4 is 21.9 Å². The number of ether oxygens (including phenoxy) is 2. The van der Waals surface area contributed by atoms with Crippen LogP contribution in [-0.2, 0) is 19.7 Å². The molecule has 2 atom stereocenters. The Bertz CT molecular complexity index is 502. The van der Waals surface area contributed by atoms with Crippen LogP contribution in [0.3, 0.4) is 0 Å². The summed E-state index contributed by atoms with van der Waals surface area (Å²) in [5, 5.41) is 0. The van der Waals surface area contributed by atoms with Crippen molar-refractivity contribution < 1.29 is 14.3 Å². The van der Waals surface area contributed by atoms with E-state index in [0.29, 0.717) is 13.0 Å². The van der Waals surface area contributed by atoms with Crippen LogP contribution in [0.2, 0.25) is 0 Å². The molecule has 1 aromatic rings. The van der Waals surface area contributed by atoms with E-state index in [4.69, 9.17) is 9.47 Å². The van der Waals surface area contributed by atoms with E-state index in [1.807, 2.05) is 0 Å². The highest BCUT2D eigenvalue weighted by Crippen LogP contribution is 2.42. The van der Waals surface area contributed by atoms with Crippen molar-refractivity contribution in [2.45, 2.75) is 57.0 Å². The summed E-state index contributed by atoms with van der Waals surface area (Å²) in [7, 11) is 1.44. The Kier molecular flexibility index (Phi) is 5.67. The molecular weight excluding hydrogens is 344 g/mol. The molecule has 2 rings (SSSR count). The number of halogens is 1. The highest BCUT2D eigenvalue weighted by Gasteiger charge is 2.41. The minimum absolute atomic E-state index is 0.0463. The summed E-state index contributed by atoms with van der Waals surface area (Å²) >= 11 is 3.48. The van der Waals surface area contributed by atoms with Crippen LogP contribution in [-0.4, -0.2) is 25.3 Å². The average Bonchev–Trinajstić information content (AvgIpc) is 2.55. The first-order valence-corrected chi connectivity index (χ1v) is 8.69. The van der Waals surface area contributed by atoms with Crippen LogP contribution in [0.25, 0.3) is 0 Å². The SMILES string of the molecule is CCC1(CCC(=O)OC)CCC(C)(c2ccc(Br)cc2)CO1. The zero-order chi connectivity index (χ0) is 16.2. The van der Waals surface area contributed by atoms with E-state index in [2.05, 4.69) is 54.0 Å². The Morgan fingerprint density at radius 2 is 2.00 bits per heavy atom. The summed E-state index contributed by atoms with van der Waals surface area (Å²) in [6.07, 6.45) is 4.16. The predicted octanol–water partition coefficient (Wildman–Crippen LogP) is 4.62. The van der Waals surface area contributed by atoms with Crippen LogP contribution in [0, 0.1) is 0 Å². The Hall–Kier alpha value is -0.870. The molecule has 122 valence electrons. The Morgan fingerprint density at radius 1 is 1.32 bits per heavy atom. The van der Waals surface area contributed by atoms with Crippen LogP contribution in [0.4, 0.5) is 0 Å². The molecule has 0 N–H and O–H groups in total. The zero-order valence-electron chi connectivity index (χ0n) is 13.7. The first-order chi connectivity index (χ1) is 10.4. The van der Waals surface area contributed by atoms with Gasteiger partial charge in [-0.3, -0.25) is 4.79 Å². The van der Waals surface area contributed by atoms with E-state index >= 15 is 0 Å². The van der Waals surface area contributed by atoms with Gasteiger partial charge in [-0.25, -0.2) is 0 Å². The fraction of sp³-hybridized carbons (Fsp3) is 0.611. The molecule has 3 nitrogen and oxygen atoms in total. The second-order valence-electron chi connectivity index (χ2n) is 6.47. The Balaban J connectivity index is 2.03. The topological polar surface area (TPSA) is 35.5 Å². The van der Waals surface area contributed by atoms with Crippen LogP contribution in [0.1, 0.15) is 51.5 Å². The largest absolute Gasteiger partial charge is 0.469 e. The molecule has 0 bridgehead atoms. The number of carbonyl (C=O) groups is 1. The molecular formula is C18H25BrO3. The maximum Gasteiger partial charge on any atom is 0.305 e. The third-order valence-electron chi connectivity index (χ3n) is 5.03. The smallest absolute Gasteiger partial charge is 0.305 e. The molecule has 22 heavy (non-hydrogen) atoms. The van der Waals surface area contributed by atoms with Gasteiger partial charge in [-0.1, -0.05) is 41.9 Å². The second kappa shape index (κ2) is 7.14. The molecule has 4 heteroatoms. The Labute approximate surface area is 141 Å². The molecule has 0 amide bonds. The standard InChI is InChI=1S/C18H25BrO3/c1-4-18(10-9-16(20)21-3)12-11-17(2,13-22-18)14-5-7-15(19)8-6-14/h5-8H,4,9-13H2,1-3H3. The minimum Gasteiger partial charge on any atom is -0.469 e.